The standard InChI is InChI=1S/C17H17NO3S/c1-12-4-2-3-5-16(12)18-22(20,21)15-10-8-14(9-11-15)17(19)13-6-7-13/h2-5,8-11,13,18H,6-7H2,1H3. The number of rotatable bonds is 5. The van der Waals surface area contributed by atoms with Crippen LogP contribution in [0.15, 0.2) is 53.4 Å². The van der Waals surface area contributed by atoms with Crippen LogP contribution in [0.1, 0.15) is 28.8 Å². The Labute approximate surface area is 130 Å². The van der Waals surface area contributed by atoms with E-state index in [9.17, 15) is 13.2 Å². The second-order valence-corrected chi connectivity index (χ2v) is 7.27. The molecule has 0 amide bonds. The van der Waals surface area contributed by atoms with Crippen molar-refractivity contribution in [1.82, 2.24) is 0 Å². The average molecular weight is 315 g/mol. The van der Waals surface area contributed by atoms with E-state index in [1.54, 1.807) is 24.3 Å². The fourth-order valence-electron chi connectivity index (χ4n) is 2.27. The van der Waals surface area contributed by atoms with Crippen molar-refractivity contribution in [3.63, 3.8) is 0 Å². The van der Waals surface area contributed by atoms with Crippen LogP contribution >= 0.6 is 0 Å². The molecule has 5 heteroatoms. The molecule has 0 spiro atoms. The van der Waals surface area contributed by atoms with Crippen molar-refractivity contribution in [3.05, 3.63) is 59.7 Å². The van der Waals surface area contributed by atoms with Crippen LogP contribution < -0.4 is 4.72 Å². The Kier molecular flexibility index (Phi) is 3.74. The van der Waals surface area contributed by atoms with Crippen LogP contribution in [-0.2, 0) is 10.0 Å². The monoisotopic (exact) mass is 315 g/mol. The van der Waals surface area contributed by atoms with E-state index < -0.39 is 10.0 Å². The fourth-order valence-corrected chi connectivity index (χ4v) is 3.40. The van der Waals surface area contributed by atoms with E-state index in [2.05, 4.69) is 4.72 Å². The van der Waals surface area contributed by atoms with Gasteiger partial charge < -0.3 is 0 Å². The Morgan fingerprint density at radius 3 is 2.27 bits per heavy atom. The molecule has 1 aliphatic carbocycles. The van der Waals surface area contributed by atoms with Gasteiger partial charge in [-0.15, -0.1) is 0 Å². The predicted molar refractivity (Wildman–Crippen MR) is 85.5 cm³/mol. The Morgan fingerprint density at radius 2 is 1.68 bits per heavy atom. The van der Waals surface area contributed by atoms with E-state index in [-0.39, 0.29) is 16.6 Å². The lowest BCUT2D eigenvalue weighted by molar-refractivity contribution is 0.0967. The van der Waals surface area contributed by atoms with Crippen LogP contribution in [0.3, 0.4) is 0 Å². The molecule has 4 nitrogen and oxygen atoms in total. The van der Waals surface area contributed by atoms with E-state index in [0.29, 0.717) is 11.3 Å². The summed E-state index contributed by atoms with van der Waals surface area (Å²) in [6.07, 6.45) is 1.88. The summed E-state index contributed by atoms with van der Waals surface area (Å²) < 4.78 is 27.3. The highest BCUT2D eigenvalue weighted by atomic mass is 32.2. The molecular formula is C17H17NO3S. The smallest absolute Gasteiger partial charge is 0.261 e. The van der Waals surface area contributed by atoms with Gasteiger partial charge in [-0.3, -0.25) is 9.52 Å². The lowest BCUT2D eigenvalue weighted by atomic mass is 10.1. The molecule has 1 fully saturated rings. The van der Waals surface area contributed by atoms with E-state index in [4.69, 9.17) is 0 Å². The van der Waals surface area contributed by atoms with Crippen molar-refractivity contribution < 1.29 is 13.2 Å². The first-order valence-electron chi connectivity index (χ1n) is 7.20. The summed E-state index contributed by atoms with van der Waals surface area (Å²) in [5.74, 6) is 0.239. The molecule has 1 aliphatic rings. The molecule has 114 valence electrons. The van der Waals surface area contributed by atoms with E-state index >= 15 is 0 Å². The molecule has 0 saturated heterocycles. The number of carbonyl (C=O) groups excluding carboxylic acids is 1. The number of nitrogens with one attached hydrogen (secondary N) is 1. The Hall–Kier alpha value is -2.14. The molecule has 0 radical (unpaired) electrons. The SMILES string of the molecule is Cc1ccccc1NS(=O)(=O)c1ccc(C(=O)C2CC2)cc1. The molecule has 22 heavy (non-hydrogen) atoms. The van der Waals surface area contributed by atoms with Crippen LogP contribution in [0.2, 0.25) is 0 Å². The molecule has 0 aliphatic heterocycles. The Bertz CT molecular complexity index is 806. The highest BCUT2D eigenvalue weighted by Gasteiger charge is 2.30. The Balaban J connectivity index is 1.83. The number of benzene rings is 2. The molecule has 2 aromatic carbocycles. The average Bonchev–Trinajstić information content (AvgIpc) is 3.34. The summed E-state index contributed by atoms with van der Waals surface area (Å²) in [7, 11) is -3.64. The minimum atomic E-state index is -3.64. The fraction of sp³-hybridized carbons (Fsp3) is 0.235. The van der Waals surface area contributed by atoms with Gasteiger partial charge in [0, 0.05) is 11.5 Å². The topological polar surface area (TPSA) is 63.2 Å². The maximum atomic E-state index is 12.4. The van der Waals surface area contributed by atoms with Crippen LogP contribution in [0.4, 0.5) is 5.69 Å². The zero-order valence-electron chi connectivity index (χ0n) is 12.2. The third kappa shape index (κ3) is 3.04. The van der Waals surface area contributed by atoms with Crippen molar-refractivity contribution in [1.29, 1.82) is 0 Å². The van der Waals surface area contributed by atoms with Crippen molar-refractivity contribution in [2.75, 3.05) is 4.72 Å². The first-order chi connectivity index (χ1) is 10.5. The maximum Gasteiger partial charge on any atom is 0.261 e. The molecule has 0 aromatic heterocycles. The van der Waals surface area contributed by atoms with Crippen molar-refractivity contribution in [2.45, 2.75) is 24.7 Å². The van der Waals surface area contributed by atoms with Crippen molar-refractivity contribution in [2.24, 2.45) is 5.92 Å². The molecule has 2 aromatic rings. The van der Waals surface area contributed by atoms with Gasteiger partial charge in [-0.05, 0) is 43.5 Å². The molecule has 0 atom stereocenters. The third-order valence-electron chi connectivity index (χ3n) is 3.79. The number of anilines is 1. The van der Waals surface area contributed by atoms with Gasteiger partial charge in [-0.25, -0.2) is 8.42 Å². The quantitative estimate of drug-likeness (QED) is 0.860. The van der Waals surface area contributed by atoms with Gasteiger partial charge in [0.15, 0.2) is 5.78 Å². The Morgan fingerprint density at radius 1 is 1.05 bits per heavy atom. The molecule has 0 unspecified atom stereocenters. The summed E-state index contributed by atoms with van der Waals surface area (Å²) in [6.45, 7) is 1.84. The van der Waals surface area contributed by atoms with Crippen LogP contribution in [0.5, 0.6) is 0 Å². The third-order valence-corrected chi connectivity index (χ3v) is 5.17. The number of sulfonamides is 1. The minimum Gasteiger partial charge on any atom is -0.294 e. The molecular weight excluding hydrogens is 298 g/mol. The summed E-state index contributed by atoms with van der Waals surface area (Å²) in [5.41, 5.74) is 1.99. The minimum absolute atomic E-state index is 0.107. The number of hydrogen-bond acceptors (Lipinski definition) is 3. The molecule has 0 heterocycles. The molecule has 0 bridgehead atoms. The summed E-state index contributed by atoms with van der Waals surface area (Å²) in [6, 6.07) is 13.3. The van der Waals surface area contributed by atoms with Crippen molar-refractivity contribution in [3.8, 4) is 0 Å². The van der Waals surface area contributed by atoms with Crippen LogP contribution in [0.25, 0.3) is 0 Å². The number of ketones is 1. The maximum absolute atomic E-state index is 12.4. The molecule has 3 rings (SSSR count). The van der Waals surface area contributed by atoms with Crippen LogP contribution in [0, 0.1) is 12.8 Å². The lowest BCUT2D eigenvalue weighted by Gasteiger charge is -2.10. The van der Waals surface area contributed by atoms with Gasteiger partial charge >= 0.3 is 0 Å². The number of hydrogen-bond donors (Lipinski definition) is 1. The first-order valence-corrected chi connectivity index (χ1v) is 8.68. The zero-order chi connectivity index (χ0) is 15.7. The van der Waals surface area contributed by atoms with E-state index in [1.807, 2.05) is 19.1 Å². The largest absolute Gasteiger partial charge is 0.294 e. The molecule has 1 saturated carbocycles. The summed E-state index contributed by atoms with van der Waals surface area (Å²) in [5, 5.41) is 0. The van der Waals surface area contributed by atoms with Gasteiger partial charge in [-0.2, -0.15) is 0 Å². The number of Topliss-reactive ketones (excluding diaryl/α,β-unsaturated/α-hetero) is 1. The normalized spacial score (nSPS) is 14.6. The van der Waals surface area contributed by atoms with E-state index in [0.717, 1.165) is 18.4 Å². The van der Waals surface area contributed by atoms with Crippen molar-refractivity contribution >= 4 is 21.5 Å². The molecule has 1 N–H and O–H groups in total. The summed E-state index contributed by atoms with van der Waals surface area (Å²) >= 11 is 0. The van der Waals surface area contributed by atoms with Gasteiger partial charge in [0.25, 0.3) is 10.0 Å². The van der Waals surface area contributed by atoms with Gasteiger partial charge in [0.05, 0.1) is 10.6 Å². The lowest BCUT2D eigenvalue weighted by Crippen LogP contribution is -2.14. The number of para-hydroxylation sites is 1. The highest BCUT2D eigenvalue weighted by molar-refractivity contribution is 7.92. The van der Waals surface area contributed by atoms with Crippen LogP contribution in [-0.4, -0.2) is 14.2 Å². The second kappa shape index (κ2) is 5.57. The zero-order valence-corrected chi connectivity index (χ0v) is 13.1. The summed E-state index contributed by atoms with van der Waals surface area (Å²) in [4.78, 5) is 12.1. The van der Waals surface area contributed by atoms with E-state index in [1.165, 1.54) is 12.1 Å². The van der Waals surface area contributed by atoms with Gasteiger partial charge in [-0.1, -0.05) is 30.3 Å². The number of aryl methyl sites for hydroxylation is 1. The second-order valence-electron chi connectivity index (χ2n) is 5.58. The van der Waals surface area contributed by atoms with Gasteiger partial charge in [0.1, 0.15) is 0 Å². The number of carbonyl (C=O) groups is 1. The highest BCUT2D eigenvalue weighted by Crippen LogP contribution is 2.32. The van der Waals surface area contributed by atoms with Gasteiger partial charge in [0.2, 0.25) is 0 Å². The first kappa shape index (κ1) is 14.8. The predicted octanol–water partition coefficient (Wildman–Crippen LogP) is 3.39.